The second-order valence-electron chi connectivity index (χ2n) is 3.49. The van der Waals surface area contributed by atoms with Gasteiger partial charge in [0.2, 0.25) is 0 Å². The Kier molecular flexibility index (Phi) is 3.05. The van der Waals surface area contributed by atoms with E-state index in [2.05, 4.69) is 4.74 Å². The predicted molar refractivity (Wildman–Crippen MR) is 59.7 cm³/mol. The van der Waals surface area contributed by atoms with E-state index in [1.807, 2.05) is 42.5 Å². The van der Waals surface area contributed by atoms with Gasteiger partial charge in [0.25, 0.3) is 0 Å². The van der Waals surface area contributed by atoms with Gasteiger partial charge >= 0.3 is 6.16 Å². The molecule has 0 aliphatic carbocycles. The molecule has 81 valence electrons. The number of carbonyl (C=O) groups is 1. The molecule has 2 rings (SSSR count). The molecule has 0 bridgehead atoms. The highest BCUT2D eigenvalue weighted by Crippen LogP contribution is 2.18. The van der Waals surface area contributed by atoms with Crippen LogP contribution in [0, 0.1) is 0 Å². The monoisotopic (exact) mass is 215 g/mol. The maximum absolute atomic E-state index is 10.1. The molecule has 0 unspecified atom stereocenters. The van der Waals surface area contributed by atoms with Gasteiger partial charge in [0.15, 0.2) is 0 Å². The second kappa shape index (κ2) is 4.66. The zero-order valence-corrected chi connectivity index (χ0v) is 8.68. The van der Waals surface area contributed by atoms with Crippen LogP contribution in [0.5, 0.6) is 0 Å². The summed E-state index contributed by atoms with van der Waals surface area (Å²) < 4.78 is 4.40. The minimum absolute atomic E-state index is 0.135. The Morgan fingerprint density at radius 1 is 1.06 bits per heavy atom. The first-order valence-electron chi connectivity index (χ1n) is 5.08. The molecule has 0 aliphatic heterocycles. The molecular weight excluding hydrogens is 204 g/mol. The highest BCUT2D eigenvalue weighted by atomic mass is 16.7. The molecule has 1 radical (unpaired) electrons. The summed E-state index contributed by atoms with van der Waals surface area (Å²) in [6, 6.07) is 13.9. The molecule has 3 nitrogen and oxygen atoms in total. The van der Waals surface area contributed by atoms with Crippen molar-refractivity contribution in [1.29, 1.82) is 0 Å². The van der Waals surface area contributed by atoms with Crippen LogP contribution in [0.25, 0.3) is 10.8 Å². The van der Waals surface area contributed by atoms with E-state index >= 15 is 0 Å². The van der Waals surface area contributed by atoms with Crippen LogP contribution in [0.3, 0.4) is 0 Å². The maximum atomic E-state index is 10.1. The van der Waals surface area contributed by atoms with Crippen LogP contribution >= 0.6 is 0 Å². The molecule has 0 saturated heterocycles. The molecule has 2 aromatic rings. The zero-order valence-electron chi connectivity index (χ0n) is 8.68. The van der Waals surface area contributed by atoms with Gasteiger partial charge in [-0.25, -0.2) is 0 Å². The molecule has 0 saturated carbocycles. The zero-order chi connectivity index (χ0) is 11.4. The van der Waals surface area contributed by atoms with E-state index in [0.29, 0.717) is 6.42 Å². The normalized spacial score (nSPS) is 10.2. The maximum Gasteiger partial charge on any atom is 0.550 e. The quantitative estimate of drug-likeness (QED) is 0.739. The summed E-state index contributed by atoms with van der Waals surface area (Å²) in [7, 11) is 0. The molecule has 16 heavy (non-hydrogen) atoms. The number of fused-ring (bicyclic) bond motifs is 1. The van der Waals surface area contributed by atoms with Crippen molar-refractivity contribution in [2.45, 2.75) is 6.42 Å². The number of benzene rings is 2. The van der Waals surface area contributed by atoms with Crippen LogP contribution in [0.2, 0.25) is 0 Å². The van der Waals surface area contributed by atoms with Gasteiger partial charge in [0.05, 0.1) is 6.61 Å². The third kappa shape index (κ3) is 2.31. The van der Waals surface area contributed by atoms with Crippen LogP contribution in [0.15, 0.2) is 42.5 Å². The fourth-order valence-corrected chi connectivity index (χ4v) is 1.75. The SMILES string of the molecule is [O]C(=O)OCCc1cccc2ccccc12. The Balaban J connectivity index is 2.20. The average molecular weight is 215 g/mol. The van der Waals surface area contributed by atoms with Crippen LogP contribution in [0.1, 0.15) is 5.56 Å². The highest BCUT2D eigenvalue weighted by molar-refractivity contribution is 5.85. The van der Waals surface area contributed by atoms with Crippen LogP contribution in [-0.2, 0) is 16.3 Å². The lowest BCUT2D eigenvalue weighted by molar-refractivity contribution is 0.0688. The van der Waals surface area contributed by atoms with Crippen molar-refractivity contribution in [1.82, 2.24) is 0 Å². The van der Waals surface area contributed by atoms with E-state index in [1.54, 1.807) is 0 Å². The van der Waals surface area contributed by atoms with E-state index in [9.17, 15) is 9.90 Å². The number of ether oxygens (including phenoxy) is 1. The van der Waals surface area contributed by atoms with E-state index in [4.69, 9.17) is 0 Å². The number of hydrogen-bond donors (Lipinski definition) is 0. The lowest BCUT2D eigenvalue weighted by atomic mass is 10.0. The van der Waals surface area contributed by atoms with Gasteiger partial charge in [-0.1, -0.05) is 42.5 Å². The van der Waals surface area contributed by atoms with Gasteiger partial charge in [-0.2, -0.15) is 9.90 Å². The van der Waals surface area contributed by atoms with E-state index in [-0.39, 0.29) is 6.61 Å². The first-order chi connectivity index (χ1) is 7.77. The van der Waals surface area contributed by atoms with Crippen LogP contribution in [-0.4, -0.2) is 12.8 Å². The molecule has 0 amide bonds. The molecular formula is C13H11O3. The van der Waals surface area contributed by atoms with Gasteiger partial charge in [-0.15, -0.1) is 0 Å². The van der Waals surface area contributed by atoms with Crippen molar-refractivity contribution in [2.75, 3.05) is 6.61 Å². The summed E-state index contributed by atoms with van der Waals surface area (Å²) in [5.74, 6) is 0. The molecule has 0 atom stereocenters. The predicted octanol–water partition coefficient (Wildman–Crippen LogP) is 2.95. The smallest absolute Gasteiger partial charge is 0.431 e. The molecule has 0 N–H and O–H groups in total. The average Bonchev–Trinajstić information content (AvgIpc) is 2.29. The Bertz CT molecular complexity index is 500. The second-order valence-corrected chi connectivity index (χ2v) is 3.49. The summed E-state index contributed by atoms with van der Waals surface area (Å²) >= 11 is 0. The standard InChI is InChI=1S/C13H11O3/c14-13(15)16-9-8-11-6-3-5-10-4-1-2-7-12(10)11/h1-7H,8-9H2. The summed E-state index contributed by atoms with van der Waals surface area (Å²) in [5.41, 5.74) is 1.08. The molecule has 0 fully saturated rings. The third-order valence-electron chi connectivity index (χ3n) is 2.47. The fraction of sp³-hybridized carbons (Fsp3) is 0.154. The first-order valence-corrected chi connectivity index (χ1v) is 5.08. The molecule has 3 heteroatoms. The van der Waals surface area contributed by atoms with Gasteiger partial charge < -0.3 is 4.74 Å². The van der Waals surface area contributed by atoms with Crippen molar-refractivity contribution in [2.24, 2.45) is 0 Å². The molecule has 0 aromatic heterocycles. The Morgan fingerprint density at radius 2 is 1.81 bits per heavy atom. The molecule has 0 aliphatic rings. The van der Waals surface area contributed by atoms with Crippen LogP contribution < -0.4 is 0 Å². The first kappa shape index (κ1) is 10.5. The number of rotatable bonds is 3. The lowest BCUT2D eigenvalue weighted by Crippen LogP contribution is -2.03. The van der Waals surface area contributed by atoms with E-state index < -0.39 is 6.16 Å². The van der Waals surface area contributed by atoms with Crippen molar-refractivity contribution in [3.8, 4) is 0 Å². The van der Waals surface area contributed by atoms with Gasteiger partial charge in [-0.3, -0.25) is 0 Å². The third-order valence-corrected chi connectivity index (χ3v) is 2.47. The van der Waals surface area contributed by atoms with Gasteiger partial charge in [0.1, 0.15) is 0 Å². The van der Waals surface area contributed by atoms with Gasteiger partial charge in [-0.05, 0) is 16.3 Å². The van der Waals surface area contributed by atoms with Gasteiger partial charge in [0, 0.05) is 6.42 Å². The highest BCUT2D eigenvalue weighted by Gasteiger charge is 2.02. The Hall–Kier alpha value is -2.03. The van der Waals surface area contributed by atoms with E-state index in [0.717, 1.165) is 16.3 Å². The minimum atomic E-state index is -1.47. The Morgan fingerprint density at radius 3 is 2.62 bits per heavy atom. The topological polar surface area (TPSA) is 46.2 Å². The largest absolute Gasteiger partial charge is 0.550 e. The summed E-state index contributed by atoms with van der Waals surface area (Å²) in [6.07, 6.45) is -0.907. The summed E-state index contributed by atoms with van der Waals surface area (Å²) in [4.78, 5) is 10.1. The molecule has 0 spiro atoms. The van der Waals surface area contributed by atoms with Crippen LogP contribution in [0.4, 0.5) is 4.79 Å². The Labute approximate surface area is 93.3 Å². The molecule has 2 aromatic carbocycles. The minimum Gasteiger partial charge on any atom is -0.431 e. The summed E-state index contributed by atoms with van der Waals surface area (Å²) in [6.45, 7) is 0.135. The van der Waals surface area contributed by atoms with Crippen molar-refractivity contribution < 1.29 is 14.6 Å². The number of hydrogen-bond acceptors (Lipinski definition) is 2. The van der Waals surface area contributed by atoms with Crippen molar-refractivity contribution in [3.63, 3.8) is 0 Å². The van der Waals surface area contributed by atoms with Crippen molar-refractivity contribution >= 4 is 16.9 Å². The summed E-state index contributed by atoms with van der Waals surface area (Å²) in [5, 5.41) is 12.4. The lowest BCUT2D eigenvalue weighted by Gasteiger charge is -2.05. The molecule has 0 heterocycles. The fourth-order valence-electron chi connectivity index (χ4n) is 1.75. The number of carbonyl (C=O) groups excluding carboxylic acids is 1. The van der Waals surface area contributed by atoms with Crippen molar-refractivity contribution in [3.05, 3.63) is 48.0 Å². The van der Waals surface area contributed by atoms with E-state index in [1.165, 1.54) is 0 Å².